The summed E-state index contributed by atoms with van der Waals surface area (Å²) in [6.45, 7) is 3.57. The predicted octanol–water partition coefficient (Wildman–Crippen LogP) is 2.31. The number of amides is 3. The Morgan fingerprint density at radius 1 is 1.12 bits per heavy atom. The van der Waals surface area contributed by atoms with Gasteiger partial charge in [0, 0.05) is 24.2 Å². The van der Waals surface area contributed by atoms with Gasteiger partial charge in [-0.05, 0) is 25.5 Å². The van der Waals surface area contributed by atoms with Crippen LogP contribution in [0.4, 0.5) is 17.2 Å². The minimum absolute atomic E-state index is 0.134. The molecule has 0 spiro atoms. The lowest BCUT2D eigenvalue weighted by Crippen LogP contribution is -2.29. The second kappa shape index (κ2) is 8.65. The number of methoxy groups -OCH3 is 1. The first-order valence-corrected chi connectivity index (χ1v) is 7.96. The number of ether oxygens (including phenoxy) is 1. The molecule has 26 heavy (non-hydrogen) atoms. The van der Waals surface area contributed by atoms with E-state index in [1.165, 1.54) is 19.2 Å². The molecule has 0 atom stereocenters. The van der Waals surface area contributed by atoms with E-state index in [9.17, 15) is 14.4 Å². The van der Waals surface area contributed by atoms with Gasteiger partial charge in [-0.15, -0.1) is 0 Å². The number of nitrogens with one attached hydrogen (secondary N) is 3. The van der Waals surface area contributed by atoms with Gasteiger partial charge in [-0.3, -0.25) is 19.7 Å². The summed E-state index contributed by atoms with van der Waals surface area (Å²) in [5, 5.41) is 11.1. The molecule has 0 fully saturated rings. The molecule has 9 heteroatoms. The maximum absolute atomic E-state index is 12.0. The van der Waals surface area contributed by atoms with Gasteiger partial charge in [0.15, 0.2) is 5.82 Å². The Morgan fingerprint density at radius 2 is 1.85 bits per heavy atom. The lowest BCUT2D eigenvalue weighted by Gasteiger charge is -2.12. The highest BCUT2D eigenvalue weighted by molar-refractivity contribution is 6.43. The number of benzene rings is 1. The standard InChI is InChI=1S/C17H20N4O5/c1-4-5-15(22)19-12-7-6-11(9-13(12)25-3)18-16(23)17(24)20-14-8-10(2)26-21-14/h6-9H,4-5H2,1-3H3,(H,18,23)(H,19,22)(H,20,21,24). The molecule has 0 radical (unpaired) electrons. The smallest absolute Gasteiger partial charge is 0.315 e. The number of rotatable bonds is 6. The summed E-state index contributed by atoms with van der Waals surface area (Å²) in [6.07, 6.45) is 1.12. The third kappa shape index (κ3) is 5.07. The van der Waals surface area contributed by atoms with Gasteiger partial charge in [-0.1, -0.05) is 12.1 Å². The van der Waals surface area contributed by atoms with Crippen LogP contribution < -0.4 is 20.7 Å². The Hall–Kier alpha value is -3.36. The van der Waals surface area contributed by atoms with Crippen molar-refractivity contribution in [1.82, 2.24) is 5.16 Å². The van der Waals surface area contributed by atoms with Crippen molar-refractivity contribution in [1.29, 1.82) is 0 Å². The van der Waals surface area contributed by atoms with Gasteiger partial charge in [-0.2, -0.15) is 0 Å². The van der Waals surface area contributed by atoms with Crippen LogP contribution in [0.25, 0.3) is 0 Å². The highest BCUT2D eigenvalue weighted by Crippen LogP contribution is 2.28. The van der Waals surface area contributed by atoms with Crippen LogP contribution in [0.15, 0.2) is 28.8 Å². The molecule has 3 N–H and O–H groups in total. The fourth-order valence-corrected chi connectivity index (χ4v) is 2.10. The number of anilines is 3. The summed E-state index contributed by atoms with van der Waals surface area (Å²) in [5.74, 6) is -0.891. The number of carbonyl (C=O) groups excluding carboxylic acids is 3. The molecular weight excluding hydrogens is 340 g/mol. The van der Waals surface area contributed by atoms with Gasteiger partial charge in [0.25, 0.3) is 0 Å². The lowest BCUT2D eigenvalue weighted by molar-refractivity contribution is -0.133. The zero-order valence-electron chi connectivity index (χ0n) is 14.7. The highest BCUT2D eigenvalue weighted by Gasteiger charge is 2.17. The first-order valence-electron chi connectivity index (χ1n) is 7.96. The Labute approximate surface area is 150 Å². The maximum atomic E-state index is 12.0. The Kier molecular flexibility index (Phi) is 6.31. The minimum Gasteiger partial charge on any atom is -0.494 e. The number of carbonyl (C=O) groups is 3. The van der Waals surface area contributed by atoms with E-state index >= 15 is 0 Å². The Balaban J connectivity index is 2.03. The highest BCUT2D eigenvalue weighted by atomic mass is 16.5. The fraction of sp³-hybridized carbons (Fsp3) is 0.294. The molecule has 0 aliphatic carbocycles. The van der Waals surface area contributed by atoms with Crippen molar-refractivity contribution in [2.24, 2.45) is 0 Å². The van der Waals surface area contributed by atoms with Gasteiger partial charge in [0.2, 0.25) is 5.91 Å². The van der Waals surface area contributed by atoms with E-state index < -0.39 is 11.8 Å². The molecule has 0 bridgehead atoms. The third-order valence-corrected chi connectivity index (χ3v) is 3.29. The molecule has 1 aromatic carbocycles. The van der Waals surface area contributed by atoms with Gasteiger partial charge in [0.05, 0.1) is 12.8 Å². The summed E-state index contributed by atoms with van der Waals surface area (Å²) in [7, 11) is 1.44. The average Bonchev–Trinajstić information content (AvgIpc) is 3.01. The monoisotopic (exact) mass is 360 g/mol. The topological polar surface area (TPSA) is 123 Å². The van der Waals surface area contributed by atoms with Crippen molar-refractivity contribution >= 4 is 34.9 Å². The summed E-state index contributed by atoms with van der Waals surface area (Å²) < 4.78 is 10.0. The molecule has 1 heterocycles. The minimum atomic E-state index is -0.891. The largest absolute Gasteiger partial charge is 0.494 e. The second-order valence-corrected chi connectivity index (χ2v) is 5.44. The SMILES string of the molecule is CCCC(=O)Nc1ccc(NC(=O)C(=O)Nc2cc(C)on2)cc1OC. The van der Waals surface area contributed by atoms with Crippen molar-refractivity contribution < 1.29 is 23.6 Å². The van der Waals surface area contributed by atoms with E-state index in [2.05, 4.69) is 21.1 Å². The Bertz CT molecular complexity index is 815. The third-order valence-electron chi connectivity index (χ3n) is 3.29. The normalized spacial score (nSPS) is 10.1. The molecule has 0 aliphatic heterocycles. The molecule has 0 aliphatic rings. The van der Waals surface area contributed by atoms with Gasteiger partial charge in [-0.25, -0.2) is 0 Å². The molecule has 9 nitrogen and oxygen atoms in total. The molecule has 0 saturated carbocycles. The van der Waals surface area contributed by atoms with E-state index in [1.54, 1.807) is 19.1 Å². The summed E-state index contributed by atoms with van der Waals surface area (Å²) in [6, 6.07) is 6.13. The van der Waals surface area contributed by atoms with Crippen LogP contribution in [0.5, 0.6) is 5.75 Å². The predicted molar refractivity (Wildman–Crippen MR) is 95.0 cm³/mol. The molecule has 1 aromatic heterocycles. The second-order valence-electron chi connectivity index (χ2n) is 5.44. The van der Waals surface area contributed by atoms with Crippen molar-refractivity contribution in [2.45, 2.75) is 26.7 Å². The van der Waals surface area contributed by atoms with Gasteiger partial charge in [0.1, 0.15) is 11.5 Å². The van der Waals surface area contributed by atoms with E-state index in [4.69, 9.17) is 9.26 Å². The molecule has 2 rings (SSSR count). The molecule has 3 amide bonds. The zero-order chi connectivity index (χ0) is 19.1. The van der Waals surface area contributed by atoms with Crippen LogP contribution in [-0.2, 0) is 14.4 Å². The molecular formula is C17H20N4O5. The van der Waals surface area contributed by atoms with Gasteiger partial charge >= 0.3 is 11.8 Å². The number of aryl methyl sites for hydroxylation is 1. The molecule has 0 saturated heterocycles. The fourth-order valence-electron chi connectivity index (χ4n) is 2.10. The first-order chi connectivity index (χ1) is 12.4. The van der Waals surface area contributed by atoms with Crippen molar-refractivity contribution in [3.05, 3.63) is 30.0 Å². The zero-order valence-corrected chi connectivity index (χ0v) is 14.7. The van der Waals surface area contributed by atoms with Gasteiger partial charge < -0.3 is 19.9 Å². The van der Waals surface area contributed by atoms with Crippen molar-refractivity contribution in [3.8, 4) is 5.75 Å². The van der Waals surface area contributed by atoms with Crippen LogP contribution in [-0.4, -0.2) is 30.0 Å². The van der Waals surface area contributed by atoms with E-state index in [0.717, 1.165) is 6.42 Å². The number of nitrogens with zero attached hydrogens (tertiary/aromatic N) is 1. The van der Waals surface area contributed by atoms with E-state index in [-0.39, 0.29) is 11.7 Å². The number of hydrogen-bond acceptors (Lipinski definition) is 6. The molecule has 0 unspecified atom stereocenters. The lowest BCUT2D eigenvalue weighted by atomic mass is 10.2. The molecule has 2 aromatic rings. The molecule has 138 valence electrons. The first kappa shape index (κ1) is 19.0. The van der Waals surface area contributed by atoms with Crippen molar-refractivity contribution in [2.75, 3.05) is 23.1 Å². The van der Waals surface area contributed by atoms with Crippen LogP contribution >= 0.6 is 0 Å². The van der Waals surface area contributed by atoms with E-state index in [0.29, 0.717) is 29.3 Å². The average molecular weight is 360 g/mol. The number of hydrogen-bond donors (Lipinski definition) is 3. The van der Waals surface area contributed by atoms with Crippen LogP contribution in [0.3, 0.4) is 0 Å². The summed E-state index contributed by atoms with van der Waals surface area (Å²) in [5.41, 5.74) is 0.818. The summed E-state index contributed by atoms with van der Waals surface area (Å²) >= 11 is 0. The quantitative estimate of drug-likeness (QED) is 0.679. The number of aromatic nitrogens is 1. The van der Waals surface area contributed by atoms with Crippen LogP contribution in [0, 0.1) is 6.92 Å². The van der Waals surface area contributed by atoms with Crippen molar-refractivity contribution in [3.63, 3.8) is 0 Å². The van der Waals surface area contributed by atoms with E-state index in [1.807, 2.05) is 6.92 Å². The van der Waals surface area contributed by atoms with Crippen LogP contribution in [0.1, 0.15) is 25.5 Å². The Morgan fingerprint density at radius 3 is 2.46 bits per heavy atom. The van der Waals surface area contributed by atoms with Crippen LogP contribution in [0.2, 0.25) is 0 Å². The maximum Gasteiger partial charge on any atom is 0.315 e. The summed E-state index contributed by atoms with van der Waals surface area (Å²) in [4.78, 5) is 35.6.